The second kappa shape index (κ2) is 3.00. The van der Waals surface area contributed by atoms with Crippen LogP contribution in [0.15, 0.2) is 18.2 Å². The Bertz CT molecular complexity index is 310. The number of rotatable bonds is 1. The highest BCUT2D eigenvalue weighted by Crippen LogP contribution is 2.27. The highest BCUT2D eigenvalue weighted by molar-refractivity contribution is 5.83. The first-order valence-corrected chi connectivity index (χ1v) is 3.11. The Hall–Kier alpha value is -1.91. The van der Waals surface area contributed by atoms with Crippen LogP contribution in [0.25, 0.3) is 0 Å². The highest BCUT2D eigenvalue weighted by atomic mass is 16.4. The lowest BCUT2D eigenvalue weighted by molar-refractivity contribution is 0.209. The first-order chi connectivity index (χ1) is 5.59. The lowest BCUT2D eigenvalue weighted by Crippen LogP contribution is -2.06. The Balaban J connectivity index is 2.89. The van der Waals surface area contributed by atoms with Gasteiger partial charge in [0.15, 0.2) is 11.5 Å². The molecule has 0 aromatic heterocycles. The molecule has 1 rings (SSSR count). The predicted molar refractivity (Wildman–Crippen MR) is 41.4 cm³/mol. The molecule has 0 spiro atoms. The number of carboxylic acid groups (broad SMARTS) is 1. The van der Waals surface area contributed by atoms with Gasteiger partial charge in [-0.05, 0) is 12.1 Å². The fraction of sp³-hybridized carbons (Fsp3) is 0. The van der Waals surface area contributed by atoms with Gasteiger partial charge in [-0.2, -0.15) is 0 Å². The van der Waals surface area contributed by atoms with E-state index < -0.39 is 6.09 Å². The van der Waals surface area contributed by atoms with Gasteiger partial charge >= 0.3 is 6.09 Å². The molecule has 4 N–H and O–H groups in total. The summed E-state index contributed by atoms with van der Waals surface area (Å²) in [5.74, 6) is -0.646. The van der Waals surface area contributed by atoms with Crippen LogP contribution in [0.1, 0.15) is 0 Å². The Kier molecular flexibility index (Phi) is 2.05. The number of benzene rings is 1. The molecule has 5 nitrogen and oxygen atoms in total. The minimum atomic E-state index is -1.22. The van der Waals surface area contributed by atoms with Crippen LogP contribution in [-0.4, -0.2) is 21.4 Å². The van der Waals surface area contributed by atoms with Gasteiger partial charge in [0.1, 0.15) is 0 Å². The number of hydrogen-bond donors (Lipinski definition) is 4. The molecule has 1 aromatic rings. The number of nitrogens with one attached hydrogen (secondary N) is 1. The molecule has 0 atom stereocenters. The number of phenols is 2. The SMILES string of the molecule is O=C(O)Nc1ccc(O)c(O)c1. The van der Waals surface area contributed by atoms with Crippen LogP contribution in [0.5, 0.6) is 11.5 Å². The topological polar surface area (TPSA) is 89.8 Å². The molecule has 0 unspecified atom stereocenters. The van der Waals surface area contributed by atoms with Crippen LogP contribution in [-0.2, 0) is 0 Å². The summed E-state index contributed by atoms with van der Waals surface area (Å²) in [5, 5.41) is 28.1. The van der Waals surface area contributed by atoms with Crippen LogP contribution in [0, 0.1) is 0 Å². The lowest BCUT2D eigenvalue weighted by atomic mass is 10.3. The van der Waals surface area contributed by atoms with Crippen molar-refractivity contribution in [2.45, 2.75) is 0 Å². The van der Waals surface area contributed by atoms with Crippen molar-refractivity contribution in [2.24, 2.45) is 0 Å². The number of carbonyl (C=O) groups is 1. The van der Waals surface area contributed by atoms with Gasteiger partial charge in [0.25, 0.3) is 0 Å². The van der Waals surface area contributed by atoms with Gasteiger partial charge in [-0.3, -0.25) is 5.32 Å². The second-order valence-electron chi connectivity index (χ2n) is 2.13. The van der Waals surface area contributed by atoms with Crippen LogP contribution in [0.3, 0.4) is 0 Å². The van der Waals surface area contributed by atoms with Crippen LogP contribution in [0.4, 0.5) is 10.5 Å². The molecule has 64 valence electrons. The van der Waals surface area contributed by atoms with E-state index in [1.54, 1.807) is 0 Å². The van der Waals surface area contributed by atoms with Crippen molar-refractivity contribution in [1.82, 2.24) is 0 Å². The molecule has 0 heterocycles. The first-order valence-electron chi connectivity index (χ1n) is 3.11. The summed E-state index contributed by atoms with van der Waals surface area (Å²) >= 11 is 0. The standard InChI is InChI=1S/C7H7NO4/c9-5-2-1-4(3-6(5)10)8-7(11)12/h1-3,8-10H,(H,11,12). The maximum atomic E-state index is 10.1. The maximum absolute atomic E-state index is 10.1. The smallest absolute Gasteiger partial charge is 0.409 e. The van der Waals surface area contributed by atoms with Gasteiger partial charge in [-0.1, -0.05) is 0 Å². The molecule has 0 radical (unpaired) electrons. The molecule has 1 amide bonds. The molecule has 0 bridgehead atoms. The van der Waals surface area contributed by atoms with Crippen LogP contribution < -0.4 is 5.32 Å². The van der Waals surface area contributed by atoms with E-state index in [-0.39, 0.29) is 17.2 Å². The summed E-state index contributed by atoms with van der Waals surface area (Å²) < 4.78 is 0. The first kappa shape index (κ1) is 8.19. The third kappa shape index (κ3) is 1.79. The molecule has 12 heavy (non-hydrogen) atoms. The number of anilines is 1. The minimum absolute atomic E-state index is 0.206. The molecule has 0 aliphatic rings. The third-order valence-corrected chi connectivity index (χ3v) is 1.23. The predicted octanol–water partition coefficient (Wildman–Crippen LogP) is 1.19. The molecule has 0 aliphatic heterocycles. The monoisotopic (exact) mass is 169 g/mol. The highest BCUT2D eigenvalue weighted by Gasteiger charge is 2.01. The Morgan fingerprint density at radius 2 is 1.92 bits per heavy atom. The van der Waals surface area contributed by atoms with Crippen molar-refractivity contribution in [2.75, 3.05) is 5.32 Å². The van der Waals surface area contributed by atoms with Gasteiger partial charge in [0.05, 0.1) is 0 Å². The van der Waals surface area contributed by atoms with E-state index in [4.69, 9.17) is 15.3 Å². The van der Waals surface area contributed by atoms with Crippen molar-refractivity contribution in [1.29, 1.82) is 0 Å². The number of hydrogen-bond acceptors (Lipinski definition) is 3. The summed E-state index contributed by atoms with van der Waals surface area (Å²) in [6.45, 7) is 0. The Morgan fingerprint density at radius 1 is 1.25 bits per heavy atom. The van der Waals surface area contributed by atoms with E-state index in [0.29, 0.717) is 0 Å². The molecular weight excluding hydrogens is 162 g/mol. The summed E-state index contributed by atoms with van der Waals surface area (Å²) in [4.78, 5) is 10.1. The van der Waals surface area contributed by atoms with Gasteiger partial charge in [0, 0.05) is 11.8 Å². The fourth-order valence-electron chi connectivity index (χ4n) is 0.725. The molecule has 5 heteroatoms. The summed E-state index contributed by atoms with van der Waals surface area (Å²) in [7, 11) is 0. The molecular formula is C7H7NO4. The van der Waals surface area contributed by atoms with E-state index >= 15 is 0 Å². The normalized spacial score (nSPS) is 9.33. The second-order valence-corrected chi connectivity index (χ2v) is 2.13. The number of phenolic OH excluding ortho intramolecular Hbond substituents is 2. The Morgan fingerprint density at radius 3 is 2.42 bits per heavy atom. The third-order valence-electron chi connectivity index (χ3n) is 1.23. The molecule has 0 aliphatic carbocycles. The van der Waals surface area contributed by atoms with Gasteiger partial charge < -0.3 is 15.3 Å². The van der Waals surface area contributed by atoms with E-state index in [9.17, 15) is 4.79 Å². The zero-order valence-electron chi connectivity index (χ0n) is 5.98. The average Bonchev–Trinajstić information content (AvgIpc) is 1.96. The van der Waals surface area contributed by atoms with Crippen molar-refractivity contribution in [3.63, 3.8) is 0 Å². The van der Waals surface area contributed by atoms with Crippen molar-refractivity contribution >= 4 is 11.8 Å². The molecule has 1 aromatic carbocycles. The van der Waals surface area contributed by atoms with Crippen molar-refractivity contribution in [3.8, 4) is 11.5 Å². The molecule has 0 saturated carbocycles. The summed E-state index contributed by atoms with van der Waals surface area (Å²) in [6.07, 6.45) is -1.22. The van der Waals surface area contributed by atoms with Crippen molar-refractivity contribution < 1.29 is 20.1 Å². The van der Waals surface area contributed by atoms with E-state index in [0.717, 1.165) is 6.07 Å². The quantitative estimate of drug-likeness (QED) is 0.375. The number of amides is 1. The van der Waals surface area contributed by atoms with Gasteiger partial charge in [0.2, 0.25) is 0 Å². The zero-order valence-corrected chi connectivity index (χ0v) is 5.98. The molecule has 0 fully saturated rings. The van der Waals surface area contributed by atoms with Crippen molar-refractivity contribution in [3.05, 3.63) is 18.2 Å². The van der Waals surface area contributed by atoms with Crippen LogP contribution >= 0.6 is 0 Å². The van der Waals surface area contributed by atoms with E-state index in [1.807, 2.05) is 5.32 Å². The number of aromatic hydroxyl groups is 2. The average molecular weight is 169 g/mol. The zero-order chi connectivity index (χ0) is 9.14. The Labute approximate surface area is 67.9 Å². The molecule has 0 saturated heterocycles. The van der Waals surface area contributed by atoms with E-state index in [2.05, 4.69) is 0 Å². The minimum Gasteiger partial charge on any atom is -0.504 e. The summed E-state index contributed by atoms with van der Waals surface area (Å²) in [5.41, 5.74) is 0.206. The fourth-order valence-corrected chi connectivity index (χ4v) is 0.725. The van der Waals surface area contributed by atoms with E-state index in [1.165, 1.54) is 12.1 Å². The summed E-state index contributed by atoms with van der Waals surface area (Å²) in [6, 6.07) is 3.65. The lowest BCUT2D eigenvalue weighted by Gasteiger charge is -2.01. The van der Waals surface area contributed by atoms with Gasteiger partial charge in [-0.15, -0.1) is 0 Å². The largest absolute Gasteiger partial charge is 0.504 e. The maximum Gasteiger partial charge on any atom is 0.409 e. The van der Waals surface area contributed by atoms with Crippen LogP contribution in [0.2, 0.25) is 0 Å². The van der Waals surface area contributed by atoms with Gasteiger partial charge in [-0.25, -0.2) is 4.79 Å².